The molecule has 1 rings (SSSR count). The Hall–Kier alpha value is -0.960. The van der Waals surface area contributed by atoms with Gasteiger partial charge in [-0.2, -0.15) is 0 Å². The molecule has 1 aromatic rings. The summed E-state index contributed by atoms with van der Waals surface area (Å²) in [6, 6.07) is 0.0148. The molecule has 0 aliphatic rings. The van der Waals surface area contributed by atoms with Gasteiger partial charge in [-0.1, -0.05) is 13.8 Å². The molecule has 78 valence electrons. The average molecular weight is 193 g/mol. The Morgan fingerprint density at radius 1 is 1.43 bits per heavy atom. The van der Waals surface area contributed by atoms with Crippen LogP contribution in [0.1, 0.15) is 56.2 Å². The van der Waals surface area contributed by atoms with Gasteiger partial charge < -0.3 is 5.73 Å². The highest BCUT2D eigenvalue weighted by molar-refractivity contribution is 5.20. The van der Waals surface area contributed by atoms with E-state index in [1.165, 1.54) is 0 Å². The molecule has 0 aliphatic carbocycles. The van der Waals surface area contributed by atoms with E-state index in [-0.39, 0.29) is 6.04 Å². The fourth-order valence-corrected chi connectivity index (χ4v) is 1.36. The molecule has 0 bridgehead atoms. The molecule has 0 radical (unpaired) electrons. The van der Waals surface area contributed by atoms with E-state index in [2.05, 4.69) is 23.8 Å². The highest BCUT2D eigenvalue weighted by atomic mass is 14.9. The third kappa shape index (κ3) is 2.29. The normalized spacial score (nSPS) is 15.2. The maximum atomic E-state index is 5.79. The van der Waals surface area contributed by atoms with Crippen LogP contribution in [0.2, 0.25) is 0 Å². The van der Waals surface area contributed by atoms with Crippen molar-refractivity contribution in [1.29, 1.82) is 0 Å². The molecule has 2 atom stereocenters. The molecular formula is C11H19N3. The molecule has 0 spiro atoms. The van der Waals surface area contributed by atoms with Crippen LogP contribution in [-0.4, -0.2) is 9.97 Å². The summed E-state index contributed by atoms with van der Waals surface area (Å²) in [7, 11) is 0. The van der Waals surface area contributed by atoms with Gasteiger partial charge in [-0.25, -0.2) is 9.97 Å². The highest BCUT2D eigenvalue weighted by Crippen LogP contribution is 2.17. The van der Waals surface area contributed by atoms with Crippen LogP contribution < -0.4 is 5.73 Å². The third-order valence-corrected chi connectivity index (χ3v) is 2.58. The largest absolute Gasteiger partial charge is 0.324 e. The zero-order valence-electron chi connectivity index (χ0n) is 9.41. The van der Waals surface area contributed by atoms with Crippen molar-refractivity contribution in [2.75, 3.05) is 0 Å². The Labute approximate surface area is 85.8 Å². The van der Waals surface area contributed by atoms with Gasteiger partial charge in [0.15, 0.2) is 0 Å². The second kappa shape index (κ2) is 4.51. The van der Waals surface area contributed by atoms with Gasteiger partial charge in [0.1, 0.15) is 5.82 Å². The van der Waals surface area contributed by atoms with Gasteiger partial charge >= 0.3 is 0 Å². The van der Waals surface area contributed by atoms with E-state index in [0.29, 0.717) is 5.92 Å². The second-order valence-electron chi connectivity index (χ2n) is 3.87. The topological polar surface area (TPSA) is 51.8 Å². The zero-order valence-corrected chi connectivity index (χ0v) is 9.41. The predicted octanol–water partition coefficient (Wildman–Crippen LogP) is 2.32. The van der Waals surface area contributed by atoms with E-state index in [1.54, 1.807) is 0 Å². The predicted molar refractivity (Wildman–Crippen MR) is 58.1 cm³/mol. The Bertz CT molecular complexity index is 307. The highest BCUT2D eigenvalue weighted by Gasteiger charge is 2.10. The van der Waals surface area contributed by atoms with Crippen LogP contribution in [0.15, 0.2) is 6.20 Å². The van der Waals surface area contributed by atoms with Gasteiger partial charge in [0.05, 0.1) is 0 Å². The molecule has 3 nitrogen and oxygen atoms in total. The van der Waals surface area contributed by atoms with Gasteiger partial charge in [-0.05, 0) is 20.3 Å². The van der Waals surface area contributed by atoms with E-state index in [9.17, 15) is 0 Å². The van der Waals surface area contributed by atoms with E-state index in [4.69, 9.17) is 5.73 Å². The lowest BCUT2D eigenvalue weighted by Crippen LogP contribution is -2.11. The summed E-state index contributed by atoms with van der Waals surface area (Å²) < 4.78 is 0. The summed E-state index contributed by atoms with van der Waals surface area (Å²) in [5.74, 6) is 1.35. The zero-order chi connectivity index (χ0) is 10.7. The lowest BCUT2D eigenvalue weighted by molar-refractivity contribution is 0.664. The minimum atomic E-state index is 0.0148. The molecule has 0 saturated heterocycles. The van der Waals surface area contributed by atoms with Crippen LogP contribution in [0.4, 0.5) is 0 Å². The molecule has 0 amide bonds. The summed E-state index contributed by atoms with van der Waals surface area (Å²) in [6.07, 6.45) is 2.92. The Balaban J connectivity index is 3.00. The summed E-state index contributed by atoms with van der Waals surface area (Å²) in [4.78, 5) is 8.81. The molecule has 1 unspecified atom stereocenters. The van der Waals surface area contributed by atoms with E-state index >= 15 is 0 Å². The van der Waals surface area contributed by atoms with Crippen LogP contribution in [0.5, 0.6) is 0 Å². The molecule has 0 saturated carbocycles. The minimum Gasteiger partial charge on any atom is -0.324 e. The van der Waals surface area contributed by atoms with E-state index < -0.39 is 0 Å². The third-order valence-electron chi connectivity index (χ3n) is 2.58. The summed E-state index contributed by atoms with van der Waals surface area (Å²) in [5.41, 5.74) is 7.84. The lowest BCUT2D eigenvalue weighted by atomic mass is 10.1. The molecule has 0 aromatic carbocycles. The van der Waals surface area contributed by atoms with Crippen LogP contribution in [0.25, 0.3) is 0 Å². The maximum absolute atomic E-state index is 5.79. The minimum absolute atomic E-state index is 0.0148. The van der Waals surface area contributed by atoms with Crippen molar-refractivity contribution in [3.63, 3.8) is 0 Å². The lowest BCUT2D eigenvalue weighted by Gasteiger charge is -2.12. The number of hydrogen-bond acceptors (Lipinski definition) is 3. The number of hydrogen-bond donors (Lipinski definition) is 1. The molecular weight excluding hydrogens is 174 g/mol. The first-order valence-corrected chi connectivity index (χ1v) is 5.15. The number of aryl methyl sites for hydroxylation is 1. The first-order valence-electron chi connectivity index (χ1n) is 5.15. The number of nitrogens with zero attached hydrogens (tertiary/aromatic N) is 2. The van der Waals surface area contributed by atoms with Gasteiger partial charge in [-0.15, -0.1) is 0 Å². The standard InChI is InChI=1S/C11H19N3/c1-5-7(2)11-13-6-10(8(3)12)9(4)14-11/h6-8H,5,12H2,1-4H3/t7?,8-/m0/s1. The number of nitrogens with two attached hydrogens (primary N) is 1. The average Bonchev–Trinajstić information content (AvgIpc) is 2.15. The molecule has 0 fully saturated rings. The van der Waals surface area contributed by atoms with Gasteiger partial charge in [0.2, 0.25) is 0 Å². The van der Waals surface area contributed by atoms with Crippen LogP contribution >= 0.6 is 0 Å². The SMILES string of the molecule is CCC(C)c1ncc([C@H](C)N)c(C)n1. The summed E-state index contributed by atoms with van der Waals surface area (Å²) >= 11 is 0. The molecule has 3 heteroatoms. The second-order valence-corrected chi connectivity index (χ2v) is 3.87. The molecule has 0 aliphatic heterocycles. The first kappa shape index (κ1) is 11.1. The molecule has 14 heavy (non-hydrogen) atoms. The van der Waals surface area contributed by atoms with E-state index in [1.807, 2.05) is 20.0 Å². The summed E-state index contributed by atoms with van der Waals surface area (Å²) in [6.45, 7) is 8.23. The molecule has 2 N–H and O–H groups in total. The Morgan fingerprint density at radius 3 is 2.50 bits per heavy atom. The monoisotopic (exact) mass is 193 g/mol. The van der Waals surface area contributed by atoms with Crippen molar-refractivity contribution in [1.82, 2.24) is 9.97 Å². The van der Waals surface area contributed by atoms with Gasteiger partial charge in [-0.3, -0.25) is 0 Å². The smallest absolute Gasteiger partial charge is 0.131 e. The first-order chi connectivity index (χ1) is 6.56. The number of rotatable bonds is 3. The summed E-state index contributed by atoms with van der Waals surface area (Å²) in [5, 5.41) is 0. The van der Waals surface area contributed by atoms with Crippen molar-refractivity contribution in [3.05, 3.63) is 23.3 Å². The van der Waals surface area contributed by atoms with Crippen molar-refractivity contribution in [3.8, 4) is 0 Å². The van der Waals surface area contributed by atoms with Gasteiger partial charge in [0, 0.05) is 29.4 Å². The van der Waals surface area contributed by atoms with Crippen LogP contribution in [0.3, 0.4) is 0 Å². The van der Waals surface area contributed by atoms with Crippen molar-refractivity contribution < 1.29 is 0 Å². The maximum Gasteiger partial charge on any atom is 0.131 e. The van der Waals surface area contributed by atoms with Crippen molar-refractivity contribution in [2.45, 2.75) is 46.1 Å². The Kier molecular flexibility index (Phi) is 3.58. The molecule has 1 aromatic heterocycles. The van der Waals surface area contributed by atoms with Crippen molar-refractivity contribution >= 4 is 0 Å². The fraction of sp³-hybridized carbons (Fsp3) is 0.636. The number of aromatic nitrogens is 2. The van der Waals surface area contributed by atoms with E-state index in [0.717, 1.165) is 23.5 Å². The van der Waals surface area contributed by atoms with Crippen LogP contribution in [0, 0.1) is 6.92 Å². The Morgan fingerprint density at radius 2 is 2.07 bits per heavy atom. The van der Waals surface area contributed by atoms with Crippen LogP contribution in [-0.2, 0) is 0 Å². The van der Waals surface area contributed by atoms with Crippen molar-refractivity contribution in [2.24, 2.45) is 5.73 Å². The molecule has 1 heterocycles. The fourth-order valence-electron chi connectivity index (χ4n) is 1.36. The van der Waals surface area contributed by atoms with Gasteiger partial charge in [0.25, 0.3) is 0 Å². The quantitative estimate of drug-likeness (QED) is 0.801.